The molecular weight excluding hydrogens is 323 g/mol. The molecule has 0 fully saturated rings. The molecule has 0 unspecified atom stereocenters. The molecule has 25 heavy (non-hydrogen) atoms. The van der Waals surface area contributed by atoms with Gasteiger partial charge in [-0.2, -0.15) is 0 Å². The molecule has 2 amide bonds. The molecule has 1 aromatic rings. The SMILES string of the molecule is CCCN(CCC)C(=O)C1=Cc2cc(F)c(C(N)=O)cc2N=C(N)C1. The number of hydrogen-bond acceptors (Lipinski definition) is 4. The van der Waals surface area contributed by atoms with Gasteiger partial charge in [-0.3, -0.25) is 9.59 Å². The fourth-order valence-electron chi connectivity index (χ4n) is 2.80. The first-order chi connectivity index (χ1) is 11.9. The van der Waals surface area contributed by atoms with Gasteiger partial charge in [0.05, 0.1) is 11.3 Å². The second kappa shape index (κ2) is 7.92. The predicted molar refractivity (Wildman–Crippen MR) is 96.0 cm³/mol. The first-order valence-corrected chi connectivity index (χ1v) is 8.33. The Balaban J connectivity index is 2.47. The van der Waals surface area contributed by atoms with Crippen LogP contribution < -0.4 is 11.5 Å². The lowest BCUT2D eigenvalue weighted by molar-refractivity contribution is -0.127. The number of primary amides is 1. The van der Waals surface area contributed by atoms with Gasteiger partial charge in [0.25, 0.3) is 5.91 Å². The van der Waals surface area contributed by atoms with Gasteiger partial charge in [0.15, 0.2) is 0 Å². The predicted octanol–water partition coefficient (Wildman–Crippen LogP) is 2.35. The molecule has 0 saturated heterocycles. The highest BCUT2D eigenvalue weighted by atomic mass is 19.1. The van der Waals surface area contributed by atoms with E-state index < -0.39 is 11.7 Å². The summed E-state index contributed by atoms with van der Waals surface area (Å²) in [5, 5.41) is 0. The summed E-state index contributed by atoms with van der Waals surface area (Å²) >= 11 is 0. The van der Waals surface area contributed by atoms with Crippen LogP contribution in [0.3, 0.4) is 0 Å². The number of halogens is 1. The van der Waals surface area contributed by atoms with Crippen LogP contribution in [0.15, 0.2) is 22.7 Å². The lowest BCUT2D eigenvalue weighted by atomic mass is 10.0. The number of nitrogens with two attached hydrogens (primary N) is 2. The van der Waals surface area contributed by atoms with Crippen LogP contribution in [0.1, 0.15) is 49.0 Å². The Bertz CT molecular complexity index is 750. The molecule has 4 N–H and O–H groups in total. The third-order valence-corrected chi connectivity index (χ3v) is 3.90. The van der Waals surface area contributed by atoms with Crippen LogP contribution >= 0.6 is 0 Å². The van der Waals surface area contributed by atoms with E-state index in [9.17, 15) is 14.0 Å². The van der Waals surface area contributed by atoms with Crippen molar-refractivity contribution in [2.75, 3.05) is 13.1 Å². The van der Waals surface area contributed by atoms with E-state index >= 15 is 0 Å². The van der Waals surface area contributed by atoms with E-state index in [-0.39, 0.29) is 23.7 Å². The molecular formula is C18H23FN4O2. The molecule has 0 atom stereocenters. The first kappa shape index (κ1) is 18.6. The summed E-state index contributed by atoms with van der Waals surface area (Å²) in [7, 11) is 0. The number of benzene rings is 1. The Morgan fingerprint density at radius 3 is 2.44 bits per heavy atom. The summed E-state index contributed by atoms with van der Waals surface area (Å²) in [6.45, 7) is 5.29. The summed E-state index contributed by atoms with van der Waals surface area (Å²) in [4.78, 5) is 30.1. The topological polar surface area (TPSA) is 102 Å². The second-order valence-corrected chi connectivity index (χ2v) is 6.00. The van der Waals surface area contributed by atoms with Crippen molar-refractivity contribution in [3.8, 4) is 0 Å². The lowest BCUT2D eigenvalue weighted by Crippen LogP contribution is -2.34. The van der Waals surface area contributed by atoms with E-state index in [1.807, 2.05) is 13.8 Å². The molecule has 1 heterocycles. The highest BCUT2D eigenvalue weighted by Crippen LogP contribution is 2.29. The van der Waals surface area contributed by atoms with Crippen molar-refractivity contribution in [3.05, 3.63) is 34.6 Å². The summed E-state index contributed by atoms with van der Waals surface area (Å²) in [6.07, 6.45) is 3.45. The van der Waals surface area contributed by atoms with Crippen molar-refractivity contribution in [3.63, 3.8) is 0 Å². The molecule has 6 nitrogen and oxygen atoms in total. The molecule has 0 radical (unpaired) electrons. The quantitative estimate of drug-likeness (QED) is 0.826. The molecule has 1 aliphatic rings. The number of aliphatic imine (C=N–C) groups is 1. The zero-order valence-corrected chi connectivity index (χ0v) is 14.5. The Hall–Kier alpha value is -2.70. The molecule has 0 aromatic heterocycles. The van der Waals surface area contributed by atoms with Gasteiger partial charge in [0.1, 0.15) is 11.7 Å². The van der Waals surface area contributed by atoms with E-state index in [4.69, 9.17) is 11.5 Å². The molecule has 2 rings (SSSR count). The van der Waals surface area contributed by atoms with E-state index in [1.165, 1.54) is 6.07 Å². The van der Waals surface area contributed by atoms with Gasteiger partial charge in [-0.1, -0.05) is 13.8 Å². The molecule has 0 aliphatic carbocycles. The van der Waals surface area contributed by atoms with Gasteiger partial charge in [-0.15, -0.1) is 0 Å². The van der Waals surface area contributed by atoms with Gasteiger partial charge in [0.2, 0.25) is 5.91 Å². The van der Waals surface area contributed by atoms with Crippen LogP contribution in [0.5, 0.6) is 0 Å². The standard InChI is InChI=1S/C18H23FN4O2/c1-3-5-23(6-4-2)18(25)12-7-11-8-14(19)13(17(21)24)10-15(11)22-16(20)9-12/h7-8,10H,3-6,9H2,1-2H3,(H2,20,22)(H2,21,24). The zero-order valence-electron chi connectivity index (χ0n) is 14.5. The third kappa shape index (κ3) is 4.23. The number of rotatable bonds is 6. The zero-order chi connectivity index (χ0) is 18.6. The summed E-state index contributed by atoms with van der Waals surface area (Å²) in [5.74, 6) is -1.53. The normalized spacial score (nSPS) is 13.4. The summed E-state index contributed by atoms with van der Waals surface area (Å²) in [5.41, 5.74) is 12.0. The maximum absolute atomic E-state index is 14.1. The van der Waals surface area contributed by atoms with Crippen molar-refractivity contribution >= 4 is 29.4 Å². The average Bonchev–Trinajstić information content (AvgIpc) is 2.70. The van der Waals surface area contributed by atoms with Gasteiger partial charge >= 0.3 is 0 Å². The van der Waals surface area contributed by atoms with Crippen LogP contribution in [-0.2, 0) is 4.79 Å². The van der Waals surface area contributed by atoms with Gasteiger partial charge in [0, 0.05) is 30.6 Å². The maximum atomic E-state index is 14.1. The van der Waals surface area contributed by atoms with Crippen molar-refractivity contribution in [2.45, 2.75) is 33.1 Å². The first-order valence-electron chi connectivity index (χ1n) is 8.33. The molecule has 1 aromatic carbocycles. The Kier molecular flexibility index (Phi) is 5.90. The van der Waals surface area contributed by atoms with Crippen molar-refractivity contribution in [2.24, 2.45) is 16.5 Å². The van der Waals surface area contributed by atoms with Crippen LogP contribution in [0.25, 0.3) is 6.08 Å². The number of amides is 2. The van der Waals surface area contributed by atoms with Crippen molar-refractivity contribution < 1.29 is 14.0 Å². The minimum absolute atomic E-state index is 0.130. The van der Waals surface area contributed by atoms with E-state index in [1.54, 1.807) is 11.0 Å². The molecule has 0 bridgehead atoms. The highest BCUT2D eigenvalue weighted by Gasteiger charge is 2.22. The molecule has 1 aliphatic heterocycles. The number of carbonyl (C=O) groups excluding carboxylic acids is 2. The van der Waals surface area contributed by atoms with Gasteiger partial charge < -0.3 is 16.4 Å². The Morgan fingerprint density at radius 2 is 1.88 bits per heavy atom. The Labute approximate surface area is 146 Å². The van der Waals surface area contributed by atoms with Crippen LogP contribution in [0.4, 0.5) is 10.1 Å². The van der Waals surface area contributed by atoms with Crippen molar-refractivity contribution in [1.29, 1.82) is 0 Å². The summed E-state index contributed by atoms with van der Waals surface area (Å²) < 4.78 is 14.1. The van der Waals surface area contributed by atoms with Crippen LogP contribution in [-0.4, -0.2) is 35.6 Å². The van der Waals surface area contributed by atoms with Gasteiger partial charge in [-0.25, -0.2) is 9.38 Å². The number of carbonyl (C=O) groups is 2. The van der Waals surface area contributed by atoms with E-state index in [0.29, 0.717) is 29.9 Å². The van der Waals surface area contributed by atoms with Crippen LogP contribution in [0.2, 0.25) is 0 Å². The molecule has 7 heteroatoms. The third-order valence-electron chi connectivity index (χ3n) is 3.90. The smallest absolute Gasteiger partial charge is 0.251 e. The molecule has 134 valence electrons. The average molecular weight is 346 g/mol. The number of nitrogens with zero attached hydrogens (tertiary/aromatic N) is 2. The van der Waals surface area contributed by atoms with Gasteiger partial charge in [-0.05, 0) is 31.1 Å². The monoisotopic (exact) mass is 346 g/mol. The largest absolute Gasteiger partial charge is 0.387 e. The number of fused-ring (bicyclic) bond motifs is 1. The summed E-state index contributed by atoms with van der Waals surface area (Å²) in [6, 6.07) is 2.43. The fourth-order valence-corrected chi connectivity index (χ4v) is 2.80. The second-order valence-electron chi connectivity index (χ2n) is 6.00. The molecule has 0 saturated carbocycles. The number of hydrogen-bond donors (Lipinski definition) is 2. The number of amidine groups is 1. The van der Waals surface area contributed by atoms with E-state index in [0.717, 1.165) is 18.9 Å². The fraction of sp³-hybridized carbons (Fsp3) is 0.389. The minimum Gasteiger partial charge on any atom is -0.387 e. The van der Waals surface area contributed by atoms with Crippen molar-refractivity contribution in [1.82, 2.24) is 4.90 Å². The maximum Gasteiger partial charge on any atom is 0.251 e. The Morgan fingerprint density at radius 1 is 1.24 bits per heavy atom. The van der Waals surface area contributed by atoms with E-state index in [2.05, 4.69) is 4.99 Å². The highest BCUT2D eigenvalue weighted by molar-refractivity contribution is 6.06. The van der Waals surface area contributed by atoms with Crippen LogP contribution in [0, 0.1) is 5.82 Å². The minimum atomic E-state index is -0.879. The molecule has 0 spiro atoms. The lowest BCUT2D eigenvalue weighted by Gasteiger charge is -2.22.